The molecule has 1 heterocycles. The van der Waals surface area contributed by atoms with Crippen molar-refractivity contribution in [3.8, 4) is 0 Å². The normalized spacial score (nSPS) is 12.4. The van der Waals surface area contributed by atoms with E-state index < -0.39 is 12.1 Å². The number of rotatable bonds is 5. The molecule has 1 N–H and O–H groups in total. The highest BCUT2D eigenvalue weighted by Gasteiger charge is 2.24. The van der Waals surface area contributed by atoms with Gasteiger partial charge >= 0.3 is 5.97 Å². The summed E-state index contributed by atoms with van der Waals surface area (Å²) in [5.41, 5.74) is 1.19. The van der Waals surface area contributed by atoms with Gasteiger partial charge in [-0.1, -0.05) is 25.4 Å². The average molecular weight is 338 g/mol. The summed E-state index contributed by atoms with van der Waals surface area (Å²) in [4.78, 5) is 24.1. The van der Waals surface area contributed by atoms with Gasteiger partial charge in [-0.3, -0.25) is 4.79 Å². The van der Waals surface area contributed by atoms with E-state index >= 15 is 0 Å². The van der Waals surface area contributed by atoms with Crippen molar-refractivity contribution in [2.75, 3.05) is 6.54 Å². The number of nitrogens with one attached hydrogen (secondary N) is 1. The lowest BCUT2D eigenvalue weighted by Gasteiger charge is -2.14. The monoisotopic (exact) mass is 337 g/mol. The average Bonchev–Trinajstić information content (AvgIpc) is 2.81. The molecule has 0 fully saturated rings. The third-order valence-corrected chi connectivity index (χ3v) is 3.66. The lowest BCUT2D eigenvalue weighted by Crippen LogP contribution is -2.37. The van der Waals surface area contributed by atoms with Crippen molar-refractivity contribution in [3.05, 3.63) is 34.5 Å². The zero-order chi connectivity index (χ0) is 17.1. The lowest BCUT2D eigenvalue weighted by molar-refractivity contribution is -0.129. The second-order valence-electron chi connectivity index (χ2n) is 5.88. The quantitative estimate of drug-likeness (QED) is 0.844. The van der Waals surface area contributed by atoms with Crippen LogP contribution in [0.2, 0.25) is 5.02 Å². The minimum atomic E-state index is -0.891. The smallest absolute Gasteiger partial charge is 0.375 e. The van der Waals surface area contributed by atoms with Gasteiger partial charge < -0.3 is 14.5 Å². The van der Waals surface area contributed by atoms with Crippen LogP contribution in [0.15, 0.2) is 22.6 Å². The fraction of sp³-hybridized carbons (Fsp3) is 0.412. The van der Waals surface area contributed by atoms with Crippen LogP contribution in [0.4, 0.5) is 0 Å². The Hall–Kier alpha value is -2.01. The van der Waals surface area contributed by atoms with E-state index in [1.165, 1.54) is 6.92 Å². The second kappa shape index (κ2) is 7.04. The number of amides is 1. The van der Waals surface area contributed by atoms with E-state index in [2.05, 4.69) is 5.32 Å². The summed E-state index contributed by atoms with van der Waals surface area (Å²) < 4.78 is 10.7. The second-order valence-corrected chi connectivity index (χ2v) is 6.32. The molecule has 1 amide bonds. The first-order valence-electron chi connectivity index (χ1n) is 7.47. The van der Waals surface area contributed by atoms with E-state index in [-0.39, 0.29) is 11.7 Å². The van der Waals surface area contributed by atoms with Gasteiger partial charge in [-0.2, -0.15) is 0 Å². The standard InChI is InChI=1S/C17H20ClNO4/c1-9(2)8-19-16(20)11(4)22-17(21)15-10(3)13-7-12(18)5-6-14(13)23-15/h5-7,9,11H,8H2,1-4H3,(H,19,20). The number of carbonyl (C=O) groups excluding carboxylic acids is 2. The van der Waals surface area contributed by atoms with E-state index in [1.54, 1.807) is 25.1 Å². The number of fused-ring (bicyclic) bond motifs is 1. The number of hydrogen-bond acceptors (Lipinski definition) is 4. The van der Waals surface area contributed by atoms with Crippen molar-refractivity contribution in [1.82, 2.24) is 5.32 Å². The van der Waals surface area contributed by atoms with Crippen LogP contribution in [-0.2, 0) is 9.53 Å². The molecular formula is C17H20ClNO4. The Morgan fingerprint density at radius 3 is 2.65 bits per heavy atom. The molecule has 0 bridgehead atoms. The summed E-state index contributed by atoms with van der Waals surface area (Å²) in [5, 5.41) is 4.03. The summed E-state index contributed by atoms with van der Waals surface area (Å²) >= 11 is 5.95. The van der Waals surface area contributed by atoms with E-state index in [9.17, 15) is 9.59 Å². The molecule has 0 aliphatic rings. The van der Waals surface area contributed by atoms with Crippen molar-refractivity contribution in [2.24, 2.45) is 5.92 Å². The minimum absolute atomic E-state index is 0.0887. The third-order valence-electron chi connectivity index (χ3n) is 3.42. The Balaban J connectivity index is 2.11. The first-order valence-corrected chi connectivity index (χ1v) is 7.84. The summed E-state index contributed by atoms with van der Waals surface area (Å²) in [6, 6.07) is 5.11. The van der Waals surface area contributed by atoms with Gasteiger partial charge in [0.15, 0.2) is 6.10 Å². The predicted octanol–water partition coefficient (Wildman–Crippen LogP) is 3.71. The van der Waals surface area contributed by atoms with Gasteiger partial charge in [-0.25, -0.2) is 4.79 Å². The number of esters is 1. The SMILES string of the molecule is Cc1c(C(=O)OC(C)C(=O)NCC(C)C)oc2ccc(Cl)cc12. The molecule has 6 heteroatoms. The Morgan fingerprint density at radius 2 is 2.00 bits per heavy atom. The van der Waals surface area contributed by atoms with Crippen molar-refractivity contribution in [1.29, 1.82) is 0 Å². The molecule has 0 radical (unpaired) electrons. The molecule has 5 nitrogen and oxygen atoms in total. The molecule has 2 rings (SSSR count). The first-order chi connectivity index (χ1) is 10.8. The molecule has 0 saturated heterocycles. The number of ether oxygens (including phenoxy) is 1. The summed E-state index contributed by atoms with van der Waals surface area (Å²) in [6.07, 6.45) is -0.891. The topological polar surface area (TPSA) is 68.5 Å². The molecule has 1 unspecified atom stereocenters. The molecular weight excluding hydrogens is 318 g/mol. The molecule has 0 aliphatic heterocycles. The Morgan fingerprint density at radius 1 is 1.30 bits per heavy atom. The Kier molecular flexibility index (Phi) is 5.31. The zero-order valence-electron chi connectivity index (χ0n) is 13.6. The predicted molar refractivity (Wildman–Crippen MR) is 88.7 cm³/mol. The largest absolute Gasteiger partial charge is 0.449 e. The van der Waals surface area contributed by atoms with Crippen molar-refractivity contribution in [3.63, 3.8) is 0 Å². The highest BCUT2D eigenvalue weighted by Crippen LogP contribution is 2.28. The van der Waals surface area contributed by atoms with Crippen LogP contribution in [0.5, 0.6) is 0 Å². The molecule has 2 aromatic rings. The maximum Gasteiger partial charge on any atom is 0.375 e. The lowest BCUT2D eigenvalue weighted by atomic mass is 10.1. The van der Waals surface area contributed by atoms with Gasteiger partial charge in [0.25, 0.3) is 5.91 Å². The number of benzene rings is 1. The van der Waals surface area contributed by atoms with E-state index in [4.69, 9.17) is 20.8 Å². The third kappa shape index (κ3) is 4.05. The van der Waals surface area contributed by atoms with Crippen LogP contribution in [0, 0.1) is 12.8 Å². The van der Waals surface area contributed by atoms with Gasteiger partial charge in [0, 0.05) is 22.5 Å². The first kappa shape index (κ1) is 17.3. The summed E-state index contributed by atoms with van der Waals surface area (Å²) in [7, 11) is 0. The van der Waals surface area contributed by atoms with Crippen LogP contribution in [0.25, 0.3) is 11.0 Å². The highest BCUT2D eigenvalue weighted by atomic mass is 35.5. The number of carbonyl (C=O) groups is 2. The van der Waals surface area contributed by atoms with E-state index in [1.807, 2.05) is 13.8 Å². The Bertz CT molecular complexity index is 736. The van der Waals surface area contributed by atoms with Crippen LogP contribution < -0.4 is 5.32 Å². The van der Waals surface area contributed by atoms with E-state index in [0.29, 0.717) is 28.6 Å². The number of hydrogen-bond donors (Lipinski definition) is 1. The van der Waals surface area contributed by atoms with E-state index in [0.717, 1.165) is 5.39 Å². The molecule has 1 aromatic carbocycles. The number of furan rings is 1. The molecule has 0 saturated carbocycles. The summed E-state index contributed by atoms with van der Waals surface area (Å²) in [5.74, 6) is -0.583. The summed E-state index contributed by atoms with van der Waals surface area (Å²) in [6.45, 7) is 7.78. The minimum Gasteiger partial charge on any atom is -0.449 e. The highest BCUT2D eigenvalue weighted by molar-refractivity contribution is 6.31. The van der Waals surface area contributed by atoms with Crippen LogP contribution in [0.3, 0.4) is 0 Å². The Labute approximate surface area is 139 Å². The fourth-order valence-electron chi connectivity index (χ4n) is 2.10. The fourth-order valence-corrected chi connectivity index (χ4v) is 2.28. The van der Waals surface area contributed by atoms with Crippen molar-refractivity contribution in [2.45, 2.75) is 33.8 Å². The van der Waals surface area contributed by atoms with Crippen LogP contribution in [0.1, 0.15) is 36.9 Å². The van der Waals surface area contributed by atoms with Crippen molar-refractivity contribution >= 4 is 34.4 Å². The number of aryl methyl sites for hydroxylation is 1. The van der Waals surface area contributed by atoms with Gasteiger partial charge in [-0.15, -0.1) is 0 Å². The van der Waals surface area contributed by atoms with Gasteiger partial charge in [0.2, 0.25) is 5.76 Å². The van der Waals surface area contributed by atoms with Crippen LogP contribution >= 0.6 is 11.6 Å². The van der Waals surface area contributed by atoms with Gasteiger partial charge in [0.1, 0.15) is 5.58 Å². The van der Waals surface area contributed by atoms with Gasteiger partial charge in [-0.05, 0) is 38.0 Å². The molecule has 23 heavy (non-hydrogen) atoms. The molecule has 0 spiro atoms. The van der Waals surface area contributed by atoms with Crippen LogP contribution in [-0.4, -0.2) is 24.5 Å². The number of halogens is 1. The molecule has 124 valence electrons. The van der Waals surface area contributed by atoms with Crippen molar-refractivity contribution < 1.29 is 18.7 Å². The van der Waals surface area contributed by atoms with Gasteiger partial charge in [0.05, 0.1) is 0 Å². The maximum atomic E-state index is 12.2. The zero-order valence-corrected chi connectivity index (χ0v) is 14.4. The molecule has 0 aliphatic carbocycles. The molecule has 1 aromatic heterocycles. The molecule has 1 atom stereocenters. The maximum absolute atomic E-state index is 12.2.